The highest BCUT2D eigenvalue weighted by atomic mass is 32.2. The van der Waals surface area contributed by atoms with Gasteiger partial charge >= 0.3 is 0 Å². The predicted octanol–water partition coefficient (Wildman–Crippen LogP) is 3.87. The molecule has 0 aliphatic rings. The maximum atomic E-state index is 11.8. The highest BCUT2D eigenvalue weighted by Gasteiger charge is 2.18. The van der Waals surface area contributed by atoms with Crippen molar-refractivity contribution in [2.24, 2.45) is 0 Å². The Morgan fingerprint density at radius 2 is 1.66 bits per heavy atom. The number of sulfone groups is 1. The molecule has 0 spiro atoms. The van der Waals surface area contributed by atoms with Crippen molar-refractivity contribution in [3.63, 3.8) is 0 Å². The van der Waals surface area contributed by atoms with E-state index in [1.165, 1.54) is 6.26 Å². The van der Waals surface area contributed by atoms with E-state index in [2.05, 4.69) is 15.1 Å². The molecule has 0 radical (unpaired) electrons. The minimum absolute atomic E-state index is 0.253. The normalized spacial score (nSPS) is 11.7. The number of benzene rings is 2. The molecule has 0 saturated carbocycles. The Balaban J connectivity index is 1.64. The van der Waals surface area contributed by atoms with E-state index in [-0.39, 0.29) is 4.90 Å². The van der Waals surface area contributed by atoms with Crippen molar-refractivity contribution in [2.75, 3.05) is 20.5 Å². The van der Waals surface area contributed by atoms with Gasteiger partial charge in [0.25, 0.3) is 5.95 Å². The Morgan fingerprint density at radius 3 is 2.29 bits per heavy atom. The third kappa shape index (κ3) is 4.21. The molecule has 0 unspecified atom stereocenters. The second-order valence-electron chi connectivity index (χ2n) is 7.81. The number of methoxy groups -OCH3 is 2. The molecule has 3 heterocycles. The molecule has 3 aromatic heterocycles. The highest BCUT2D eigenvalue weighted by molar-refractivity contribution is 7.90. The van der Waals surface area contributed by atoms with Gasteiger partial charge in [-0.05, 0) is 23.8 Å². The molecule has 0 saturated heterocycles. The van der Waals surface area contributed by atoms with Crippen molar-refractivity contribution >= 4 is 20.7 Å². The molecule has 0 amide bonds. The van der Waals surface area contributed by atoms with Crippen LogP contribution in [0.5, 0.6) is 11.5 Å². The molecule has 178 valence electrons. The van der Waals surface area contributed by atoms with Gasteiger partial charge in [-0.2, -0.15) is 5.10 Å². The quantitative estimate of drug-likeness (QED) is 0.348. The van der Waals surface area contributed by atoms with Gasteiger partial charge in [-0.1, -0.05) is 12.1 Å². The summed E-state index contributed by atoms with van der Waals surface area (Å²) in [4.78, 5) is 13.9. The van der Waals surface area contributed by atoms with E-state index in [0.29, 0.717) is 45.7 Å². The molecular weight excluding hydrogens is 470 g/mol. The number of rotatable bonds is 6. The first kappa shape index (κ1) is 22.5. The minimum atomic E-state index is -3.27. The topological polar surface area (TPSA) is 122 Å². The van der Waals surface area contributed by atoms with E-state index in [9.17, 15) is 8.42 Å². The van der Waals surface area contributed by atoms with Gasteiger partial charge in [-0.15, -0.1) is 0 Å². The molecule has 5 aromatic rings. The third-order valence-corrected chi connectivity index (χ3v) is 6.58. The van der Waals surface area contributed by atoms with Gasteiger partial charge in [0.2, 0.25) is 0 Å². The Bertz CT molecular complexity index is 1660. The molecule has 0 atom stereocenters. The molecule has 0 fully saturated rings. The number of ether oxygens (including phenoxy) is 2. The van der Waals surface area contributed by atoms with Crippen molar-refractivity contribution in [1.82, 2.24) is 24.7 Å². The van der Waals surface area contributed by atoms with E-state index in [1.54, 1.807) is 80.8 Å². The Labute approximate surface area is 201 Å². The van der Waals surface area contributed by atoms with Gasteiger partial charge in [0, 0.05) is 36.4 Å². The van der Waals surface area contributed by atoms with E-state index in [4.69, 9.17) is 18.9 Å². The maximum Gasteiger partial charge on any atom is 0.251 e. The highest BCUT2D eigenvalue weighted by Crippen LogP contribution is 2.36. The van der Waals surface area contributed by atoms with E-state index in [1.807, 2.05) is 0 Å². The summed E-state index contributed by atoms with van der Waals surface area (Å²) in [5, 5.41) is 5.13. The number of nitrogens with zero attached hydrogens (tertiary/aromatic N) is 5. The summed E-state index contributed by atoms with van der Waals surface area (Å²) in [6.07, 6.45) is 6.22. The molecular formula is C24H21N5O5S. The van der Waals surface area contributed by atoms with Gasteiger partial charge in [0.05, 0.1) is 37.0 Å². The lowest BCUT2D eigenvalue weighted by Gasteiger charge is -2.11. The fourth-order valence-electron chi connectivity index (χ4n) is 3.68. The zero-order chi connectivity index (χ0) is 24.7. The first-order chi connectivity index (χ1) is 16.8. The Hall–Kier alpha value is -4.25. The molecule has 0 bridgehead atoms. The summed E-state index contributed by atoms with van der Waals surface area (Å²) in [5.74, 6) is 2.36. The zero-order valence-electron chi connectivity index (χ0n) is 19.4. The summed E-state index contributed by atoms with van der Waals surface area (Å²) in [5.41, 5.74) is 2.72. The molecule has 2 aromatic carbocycles. The first-order valence-corrected chi connectivity index (χ1v) is 12.4. The summed E-state index contributed by atoms with van der Waals surface area (Å²) in [7, 11) is -0.157. The van der Waals surface area contributed by atoms with Crippen LogP contribution in [0.2, 0.25) is 0 Å². The second kappa shape index (κ2) is 8.51. The van der Waals surface area contributed by atoms with Crippen molar-refractivity contribution in [3.8, 4) is 40.0 Å². The van der Waals surface area contributed by atoms with Crippen molar-refractivity contribution in [1.29, 1.82) is 0 Å². The number of hydrogen-bond acceptors (Lipinski definition) is 9. The van der Waals surface area contributed by atoms with Crippen LogP contribution in [-0.2, 0) is 9.84 Å². The summed E-state index contributed by atoms with van der Waals surface area (Å²) < 4.78 is 41.7. The van der Waals surface area contributed by atoms with E-state index < -0.39 is 9.84 Å². The molecule has 0 N–H and O–H groups in total. The fourth-order valence-corrected chi connectivity index (χ4v) is 4.31. The number of aryl methyl sites for hydroxylation is 1. The van der Waals surface area contributed by atoms with E-state index >= 15 is 0 Å². The van der Waals surface area contributed by atoms with Crippen LogP contribution >= 0.6 is 0 Å². The van der Waals surface area contributed by atoms with Crippen LogP contribution in [0.1, 0.15) is 5.89 Å². The molecule has 35 heavy (non-hydrogen) atoms. The lowest BCUT2D eigenvalue weighted by molar-refractivity contribution is 0.356. The van der Waals surface area contributed by atoms with Crippen LogP contribution in [0.4, 0.5) is 0 Å². The van der Waals surface area contributed by atoms with Crippen LogP contribution in [0, 0.1) is 6.92 Å². The van der Waals surface area contributed by atoms with Crippen molar-refractivity contribution in [3.05, 3.63) is 60.9 Å². The van der Waals surface area contributed by atoms with Gasteiger partial charge < -0.3 is 13.9 Å². The number of fused-ring (bicyclic) bond motifs is 1. The average molecular weight is 492 g/mol. The predicted molar refractivity (Wildman–Crippen MR) is 129 cm³/mol. The standard InChI is InChI=1S/C24H21N5O5S/c1-14-25-12-22(34-14)23-18-9-20(32-2)21(33-3)10-19(18)27-24(28-23)29-13-16(11-26-29)15-5-7-17(8-6-15)35(4,30)31/h5-13H,1-4H3. The second-order valence-corrected chi connectivity index (χ2v) is 9.83. The number of hydrogen-bond donors (Lipinski definition) is 0. The monoisotopic (exact) mass is 491 g/mol. The van der Waals surface area contributed by atoms with Crippen molar-refractivity contribution < 1.29 is 22.3 Å². The van der Waals surface area contributed by atoms with Gasteiger partial charge in [0.1, 0.15) is 5.69 Å². The first-order valence-electron chi connectivity index (χ1n) is 10.5. The van der Waals surface area contributed by atoms with E-state index in [0.717, 1.165) is 11.1 Å². The minimum Gasteiger partial charge on any atom is -0.493 e. The molecule has 5 rings (SSSR count). The van der Waals surface area contributed by atoms with Gasteiger partial charge in [-0.3, -0.25) is 0 Å². The molecule has 0 aliphatic heterocycles. The maximum absolute atomic E-state index is 11.8. The van der Waals surface area contributed by atoms with Crippen LogP contribution in [0.15, 0.2) is 64.3 Å². The Kier molecular flexibility index (Phi) is 5.48. The smallest absolute Gasteiger partial charge is 0.251 e. The average Bonchev–Trinajstić information content (AvgIpc) is 3.51. The summed E-state index contributed by atoms with van der Waals surface area (Å²) in [6.45, 7) is 1.76. The summed E-state index contributed by atoms with van der Waals surface area (Å²) >= 11 is 0. The van der Waals surface area contributed by atoms with Crippen LogP contribution in [0.3, 0.4) is 0 Å². The van der Waals surface area contributed by atoms with Crippen LogP contribution < -0.4 is 9.47 Å². The number of aromatic nitrogens is 5. The largest absolute Gasteiger partial charge is 0.493 e. The van der Waals surface area contributed by atoms with Gasteiger partial charge in [0.15, 0.2) is 33.0 Å². The lowest BCUT2D eigenvalue weighted by Crippen LogP contribution is -2.04. The zero-order valence-corrected chi connectivity index (χ0v) is 20.2. The summed E-state index contributed by atoms with van der Waals surface area (Å²) in [6, 6.07) is 10.2. The fraction of sp³-hybridized carbons (Fsp3) is 0.167. The SMILES string of the molecule is COc1cc2nc(-n3cc(-c4ccc(S(C)(=O)=O)cc4)cn3)nc(-c3cnc(C)o3)c2cc1OC. The van der Waals surface area contributed by atoms with Crippen LogP contribution in [0.25, 0.3) is 39.4 Å². The molecule has 10 nitrogen and oxygen atoms in total. The van der Waals surface area contributed by atoms with Crippen LogP contribution in [-0.4, -0.2) is 53.6 Å². The molecule has 0 aliphatic carbocycles. The van der Waals surface area contributed by atoms with Crippen molar-refractivity contribution in [2.45, 2.75) is 11.8 Å². The van der Waals surface area contributed by atoms with Gasteiger partial charge in [-0.25, -0.2) is 28.1 Å². The lowest BCUT2D eigenvalue weighted by atomic mass is 10.1. The third-order valence-electron chi connectivity index (χ3n) is 5.45. The number of oxazole rings is 1. The molecule has 11 heteroatoms. The Morgan fingerprint density at radius 1 is 0.943 bits per heavy atom.